The molecule has 6 aliphatic carbocycles. The van der Waals surface area contributed by atoms with E-state index < -0.39 is 56.9 Å². The molecule has 5 fully saturated rings. The number of rotatable bonds is 54. The van der Waals surface area contributed by atoms with Gasteiger partial charge in [-0.25, -0.2) is 4.79 Å². The van der Waals surface area contributed by atoms with Crippen LogP contribution in [0.3, 0.4) is 0 Å². The number of ketones is 3. The van der Waals surface area contributed by atoms with E-state index in [-0.39, 0.29) is 75.2 Å². The van der Waals surface area contributed by atoms with E-state index in [1.165, 1.54) is 242 Å². The molecule has 12 atom stereocenters. The highest BCUT2D eigenvalue weighted by atomic mass is 16.7. The number of likely N-dealkylation sites (N-methyl/N-ethyl adjacent to an activating group) is 3. The largest absolute Gasteiger partial charge is 0.484 e. The topological polar surface area (TPSA) is 274 Å². The monoisotopic (exact) mass is 1830 g/mol. The lowest BCUT2D eigenvalue weighted by molar-refractivity contribution is -0.197. The average Bonchev–Trinajstić information content (AvgIpc) is 1.48. The molecule has 20 nitrogen and oxygen atoms in total. The average molecular weight is 1830 g/mol. The summed E-state index contributed by atoms with van der Waals surface area (Å²) in [5.74, 6) is 1.56. The predicted molar refractivity (Wildman–Crippen MR) is 520 cm³/mol. The first-order chi connectivity index (χ1) is 64.1. The summed E-state index contributed by atoms with van der Waals surface area (Å²) >= 11 is 0. The van der Waals surface area contributed by atoms with Crippen LogP contribution in [0.15, 0.2) is 59.7 Å². The fourth-order valence-electron chi connectivity index (χ4n) is 26.5. The Bertz CT molecular complexity index is 4370. The molecule has 13 aliphatic rings. The lowest BCUT2D eigenvalue weighted by atomic mass is 9.49. The highest BCUT2D eigenvalue weighted by Crippen LogP contribution is 2.68. The third kappa shape index (κ3) is 22.2. The van der Waals surface area contributed by atoms with Crippen molar-refractivity contribution in [2.24, 2.45) is 0 Å². The van der Waals surface area contributed by atoms with Gasteiger partial charge in [0.15, 0.2) is 11.9 Å². The number of ether oxygens (including phenoxy) is 3. The molecule has 3 spiro atoms. The normalized spacial score (nSPS) is 27.3. The van der Waals surface area contributed by atoms with Gasteiger partial charge in [-0.15, -0.1) is 5.06 Å². The molecule has 6 bridgehead atoms. The second-order valence-electron chi connectivity index (χ2n) is 42.6. The molecule has 734 valence electrons. The van der Waals surface area contributed by atoms with Gasteiger partial charge >= 0.3 is 5.97 Å². The van der Waals surface area contributed by atoms with Crippen molar-refractivity contribution < 1.29 is 78.5 Å². The lowest BCUT2D eigenvalue weighted by Crippen LogP contribution is -2.76. The van der Waals surface area contributed by atoms with Crippen molar-refractivity contribution >= 4 is 35.1 Å². The highest BCUT2D eigenvalue weighted by molar-refractivity contribution is 6.01. The van der Waals surface area contributed by atoms with Crippen LogP contribution >= 0.6 is 0 Å². The first-order valence-electron chi connectivity index (χ1n) is 53.7. The Hall–Kier alpha value is -6.20. The molecule has 2 amide bonds. The quantitative estimate of drug-likeness (QED) is 0.0174. The van der Waals surface area contributed by atoms with Crippen LogP contribution in [0, 0.1) is 0 Å². The number of Topliss-reactive ketones (excluding diaryl/α,β-unsaturated/α-hetero) is 3. The predicted octanol–water partition coefficient (Wildman–Crippen LogP) is 21.0. The van der Waals surface area contributed by atoms with Gasteiger partial charge in [-0.2, -0.15) is 0 Å². The van der Waals surface area contributed by atoms with Crippen molar-refractivity contribution in [3.8, 4) is 17.2 Å². The molecule has 132 heavy (non-hydrogen) atoms. The number of piperidine rings is 3. The molecule has 0 unspecified atom stereocenters. The van der Waals surface area contributed by atoms with Gasteiger partial charge in [0, 0.05) is 103 Å². The Kier molecular flexibility index (Phi) is 38.2. The molecule has 0 radical (unpaired) electrons. The first-order valence-corrected chi connectivity index (χ1v) is 53.7. The second-order valence-corrected chi connectivity index (χ2v) is 42.6. The number of hydrogen-bond acceptors (Lipinski definition) is 19. The van der Waals surface area contributed by atoms with E-state index in [0.717, 1.165) is 165 Å². The molecule has 7 aliphatic heterocycles. The Morgan fingerprint density at radius 2 is 0.644 bits per heavy atom. The first kappa shape index (κ1) is 103. The zero-order chi connectivity index (χ0) is 93.5. The Balaban J connectivity index is 0.000000154. The summed E-state index contributed by atoms with van der Waals surface area (Å²) in [6, 6.07) is 12.2. The van der Waals surface area contributed by atoms with Gasteiger partial charge in [-0.3, -0.25) is 24.0 Å². The number of hydrogen-bond donors (Lipinski definition) is 6. The third-order valence-electron chi connectivity index (χ3n) is 33.9. The van der Waals surface area contributed by atoms with E-state index >= 15 is 0 Å². The summed E-state index contributed by atoms with van der Waals surface area (Å²) in [6.45, 7) is 9.19. The van der Waals surface area contributed by atoms with Crippen LogP contribution in [0.4, 0.5) is 0 Å². The van der Waals surface area contributed by atoms with Gasteiger partial charge in [0.05, 0.1) is 52.9 Å². The lowest BCUT2D eigenvalue weighted by Gasteiger charge is -2.62. The summed E-state index contributed by atoms with van der Waals surface area (Å²) in [5.41, 5.74) is 6.81. The number of carbonyl (C=O) groups excluding carboxylic acids is 6. The molecule has 0 aromatic heterocycles. The molecule has 6 N–H and O–H groups in total. The van der Waals surface area contributed by atoms with E-state index in [0.29, 0.717) is 73.7 Å². The van der Waals surface area contributed by atoms with Crippen LogP contribution in [-0.2, 0) is 88.9 Å². The Morgan fingerprint density at radius 3 is 0.955 bits per heavy atom. The van der Waals surface area contributed by atoms with E-state index in [9.17, 15) is 59.4 Å². The van der Waals surface area contributed by atoms with E-state index in [1.54, 1.807) is 0 Å². The van der Waals surface area contributed by atoms with Crippen LogP contribution in [-0.4, -0.2) is 180 Å². The highest BCUT2D eigenvalue weighted by Gasteiger charge is 2.75. The maximum Gasteiger partial charge on any atom is 0.333 e. The molecular weight excluding hydrogens is 1660 g/mol. The van der Waals surface area contributed by atoms with Crippen molar-refractivity contribution in [1.82, 2.24) is 19.8 Å². The van der Waals surface area contributed by atoms with Crippen molar-refractivity contribution in [3.05, 3.63) is 110 Å². The zero-order valence-electron chi connectivity index (χ0n) is 82.3. The van der Waals surface area contributed by atoms with Crippen molar-refractivity contribution in [2.45, 2.75) is 495 Å². The SMILES string of the molecule is CCCCCCCCCCCCCCCC(=O)CC1=CC[C@@]2(O)[C@H]3Cc4ccc(CO)c5c4[C@@]2(CCN3C)[C@H]1O5.CCCCCCCCCCCCCCCCCC(=O)CC1=CC[C@@]2(O)[C@H]3Cc4ccc(CO)c5c4[C@@]2(CCN3C)[C@H]1O5.CCCCCCCCCCCCCCCCCC(=O)ON1C(=O)CCC1=O.CN1CC[C@]23c4c5ccc(CO)c4O[C@H]2C(=O)CC[C@@]3(O)[C@H]1C5. The van der Waals surface area contributed by atoms with Crippen molar-refractivity contribution in [3.63, 3.8) is 0 Å². The zero-order valence-corrected chi connectivity index (χ0v) is 82.3. The van der Waals surface area contributed by atoms with Crippen LogP contribution in [0.1, 0.15) is 437 Å². The summed E-state index contributed by atoms with van der Waals surface area (Å²) < 4.78 is 19.5. The number of hydroxylamine groups is 2. The number of benzene rings is 3. The number of likely N-dealkylation sites (tertiary alicyclic amines) is 3. The van der Waals surface area contributed by atoms with Crippen molar-refractivity contribution in [1.29, 1.82) is 0 Å². The minimum atomic E-state index is -0.926. The van der Waals surface area contributed by atoms with Gasteiger partial charge in [0.25, 0.3) is 11.8 Å². The molecule has 3 aromatic rings. The standard InChI is InChI=1S/C37H57NO4.C35H53NO4.C22H39NO4.C18H21NO4/c1-3-4-5-6-7-8-9-10-11-12-13-14-15-16-17-18-31(40)25-29-21-22-37(41)32-26-28-19-20-30(27-39)34-33(28)36(37,35(29)42-34)23-24-38(32)2;1-3-4-5-6-7-8-9-10-11-12-13-14-15-16-29(38)23-27-19-20-35(39)30-24-26-17-18-28(25-37)32-31(26)34(35,33(27)40-32)21-22-36(30)2;1-2-3-4-5-6-7-8-9-10-11-12-13-14-15-16-17-22(26)27-23-20(24)18-19-21(23)25;1-19-7-6-17-14-10-2-3-11(9-20)15(14)23-16(17)12(21)4-5-18(17,22)13(19)8-10/h19-21,32,35,39,41H,3-18,22-27H2,1-2H3;17-19,30,33,37,39H,3-16,20-25H2,1-2H3;2-19H2,1H3;2-3,13,16,20,22H,4-9H2,1H3/t32-,35+,36+,37-;30-,33+,34+,35-;;13-,16+,17+,18-/m11.1/s1. The van der Waals surface area contributed by atoms with Gasteiger partial charge < -0.3 is 64.4 Å². The number of nitrogens with zero attached hydrogens (tertiary/aromatic N) is 4. The maximum atomic E-state index is 13.2. The third-order valence-corrected chi connectivity index (χ3v) is 33.9. The van der Waals surface area contributed by atoms with Gasteiger partial charge in [-0.05, 0) is 146 Å². The Labute approximate surface area is 792 Å². The number of aliphatic hydroxyl groups is 6. The van der Waals surface area contributed by atoms with Crippen molar-refractivity contribution in [2.75, 3.05) is 40.8 Å². The molecule has 16 rings (SSSR count). The van der Waals surface area contributed by atoms with E-state index in [4.69, 9.17) is 19.0 Å². The number of carbonyl (C=O) groups is 6. The van der Waals surface area contributed by atoms with E-state index in [2.05, 4.69) is 80.9 Å². The van der Waals surface area contributed by atoms with Crippen LogP contribution in [0.2, 0.25) is 0 Å². The fraction of sp³-hybridized carbons (Fsp3) is 0.750. The van der Waals surface area contributed by atoms with E-state index in [1.807, 2.05) is 24.3 Å². The van der Waals surface area contributed by atoms with Gasteiger partial charge in [0.1, 0.15) is 41.0 Å². The smallest absolute Gasteiger partial charge is 0.333 e. The fourth-order valence-corrected chi connectivity index (χ4v) is 26.5. The number of amides is 2. The summed E-state index contributed by atoms with van der Waals surface area (Å²) in [7, 11) is 6.30. The molecular formula is C112H170N4O16. The number of imide groups is 1. The number of unbranched alkanes of at least 4 members (excludes halogenated alkanes) is 40. The molecule has 1 saturated carbocycles. The van der Waals surface area contributed by atoms with Gasteiger partial charge in [0.2, 0.25) is 0 Å². The maximum absolute atomic E-state index is 13.2. The second kappa shape index (κ2) is 48.9. The minimum Gasteiger partial charge on any atom is -0.484 e. The number of aliphatic hydroxyl groups excluding tert-OH is 3. The molecule has 3 aromatic carbocycles. The molecule has 20 heteroatoms. The van der Waals surface area contributed by atoms with Crippen LogP contribution in [0.25, 0.3) is 0 Å². The summed E-state index contributed by atoms with van der Waals surface area (Å²) in [5, 5.41) is 66.9. The summed E-state index contributed by atoms with van der Waals surface area (Å²) in [6.07, 6.45) is 68.3. The summed E-state index contributed by atoms with van der Waals surface area (Å²) in [4.78, 5) is 85.1. The Morgan fingerprint density at radius 1 is 0.364 bits per heavy atom. The minimum absolute atomic E-state index is 0.0221. The molecule has 4 saturated heterocycles. The van der Waals surface area contributed by atoms with Crippen LogP contribution < -0.4 is 14.2 Å². The van der Waals surface area contributed by atoms with Gasteiger partial charge in [-0.1, -0.05) is 326 Å². The van der Waals surface area contributed by atoms with Crippen LogP contribution in [0.5, 0.6) is 17.2 Å². The molecule has 7 heterocycles.